The summed E-state index contributed by atoms with van der Waals surface area (Å²) in [6, 6.07) is 3.94. The third-order valence-electron chi connectivity index (χ3n) is 5.78. The van der Waals surface area contributed by atoms with E-state index in [0.717, 1.165) is 44.3 Å². The van der Waals surface area contributed by atoms with Crippen LogP contribution < -0.4 is 0 Å². The molecule has 2 saturated heterocycles. The highest BCUT2D eigenvalue weighted by atomic mass is 16.5. The Hall–Kier alpha value is -1.50. The van der Waals surface area contributed by atoms with E-state index in [1.165, 1.54) is 0 Å². The molecule has 0 unspecified atom stereocenters. The number of aliphatic hydroxyl groups is 1. The highest BCUT2D eigenvalue weighted by molar-refractivity contribution is 5.78. The second-order valence-corrected chi connectivity index (χ2v) is 7.55. The van der Waals surface area contributed by atoms with Gasteiger partial charge in [0.1, 0.15) is 12.2 Å². The molecule has 3 fully saturated rings. The lowest BCUT2D eigenvalue weighted by molar-refractivity contribution is -0.143. The van der Waals surface area contributed by atoms with Crippen LogP contribution in [0.2, 0.25) is 0 Å². The minimum Gasteiger partial charge on any atom is -0.389 e. The van der Waals surface area contributed by atoms with E-state index in [0.29, 0.717) is 13.2 Å². The van der Waals surface area contributed by atoms with Crippen molar-refractivity contribution in [1.82, 2.24) is 9.88 Å². The lowest BCUT2D eigenvalue weighted by Gasteiger charge is -2.38. The summed E-state index contributed by atoms with van der Waals surface area (Å²) in [7, 11) is 0. The molecule has 4 rings (SSSR count). The maximum atomic E-state index is 12.8. The van der Waals surface area contributed by atoms with Crippen LogP contribution in [0.5, 0.6) is 0 Å². The fourth-order valence-corrected chi connectivity index (χ4v) is 4.17. The predicted octanol–water partition coefficient (Wildman–Crippen LogP) is 1.66. The summed E-state index contributed by atoms with van der Waals surface area (Å²) in [4.78, 5) is 18.7. The first-order chi connectivity index (χ1) is 12.1. The molecule has 3 heterocycles. The summed E-state index contributed by atoms with van der Waals surface area (Å²) in [5, 5.41) is 10.3. The van der Waals surface area contributed by atoms with Crippen molar-refractivity contribution >= 4 is 5.91 Å². The van der Waals surface area contributed by atoms with E-state index in [9.17, 15) is 9.90 Å². The average Bonchev–Trinajstić information content (AvgIpc) is 2.98. The summed E-state index contributed by atoms with van der Waals surface area (Å²) in [5.74, 6) is 0.0395. The quantitative estimate of drug-likeness (QED) is 0.878. The summed E-state index contributed by atoms with van der Waals surface area (Å²) >= 11 is 0. The summed E-state index contributed by atoms with van der Waals surface area (Å²) in [6.07, 6.45) is 7.96. The number of nitrogens with zero attached hydrogens (tertiary/aromatic N) is 2. The number of pyridine rings is 1. The minimum atomic E-state index is -0.780. The molecule has 1 amide bonds. The predicted molar refractivity (Wildman–Crippen MR) is 90.7 cm³/mol. The molecule has 1 N–H and O–H groups in total. The van der Waals surface area contributed by atoms with Crippen molar-refractivity contribution < 1.29 is 19.4 Å². The molecule has 1 aromatic heterocycles. The number of carbonyl (C=O) groups excluding carboxylic acids is 1. The summed E-state index contributed by atoms with van der Waals surface area (Å²) in [6.45, 7) is 1.77. The molecule has 0 radical (unpaired) electrons. The van der Waals surface area contributed by atoms with E-state index in [-0.39, 0.29) is 30.6 Å². The van der Waals surface area contributed by atoms with E-state index in [2.05, 4.69) is 4.98 Å². The molecule has 1 saturated carbocycles. The van der Waals surface area contributed by atoms with Gasteiger partial charge in [-0.1, -0.05) is 0 Å². The summed E-state index contributed by atoms with van der Waals surface area (Å²) in [5.41, 5.74) is 0.286. The van der Waals surface area contributed by atoms with Gasteiger partial charge >= 0.3 is 0 Å². The highest BCUT2D eigenvalue weighted by Gasteiger charge is 2.48. The normalized spacial score (nSPS) is 30.6. The molecule has 6 nitrogen and oxygen atoms in total. The molecular formula is C19H26N2O4. The zero-order valence-corrected chi connectivity index (χ0v) is 14.5. The maximum absolute atomic E-state index is 12.8. The Bertz CT molecular complexity index is 605. The van der Waals surface area contributed by atoms with Gasteiger partial charge in [-0.2, -0.15) is 0 Å². The molecule has 2 aliphatic heterocycles. The highest BCUT2D eigenvalue weighted by Crippen LogP contribution is 2.37. The van der Waals surface area contributed by atoms with Gasteiger partial charge in [0, 0.05) is 25.5 Å². The van der Waals surface area contributed by atoms with Crippen LogP contribution in [0.1, 0.15) is 44.1 Å². The number of carbonyl (C=O) groups is 1. The molecular weight excluding hydrogens is 320 g/mol. The first-order valence-electron chi connectivity index (χ1n) is 9.29. The van der Waals surface area contributed by atoms with Crippen molar-refractivity contribution in [3.63, 3.8) is 0 Å². The number of amides is 1. The van der Waals surface area contributed by atoms with Gasteiger partial charge in [0.2, 0.25) is 5.91 Å². The monoisotopic (exact) mass is 346 g/mol. The molecule has 0 aromatic carbocycles. The van der Waals surface area contributed by atoms with Crippen LogP contribution in [0.15, 0.2) is 24.5 Å². The molecule has 136 valence electrons. The first kappa shape index (κ1) is 16.9. The van der Waals surface area contributed by atoms with E-state index in [1.807, 2.05) is 17.0 Å². The van der Waals surface area contributed by atoms with Crippen LogP contribution in [-0.4, -0.2) is 57.9 Å². The van der Waals surface area contributed by atoms with Gasteiger partial charge in [-0.05, 0) is 49.8 Å². The molecule has 0 bridgehead atoms. The maximum Gasteiger partial charge on any atom is 0.225 e. The topological polar surface area (TPSA) is 71.9 Å². The lowest BCUT2D eigenvalue weighted by Crippen LogP contribution is -2.47. The van der Waals surface area contributed by atoms with E-state index in [4.69, 9.17) is 9.47 Å². The van der Waals surface area contributed by atoms with Crippen LogP contribution in [0.4, 0.5) is 0 Å². The van der Waals surface area contributed by atoms with Crippen molar-refractivity contribution in [1.29, 1.82) is 0 Å². The zero-order chi connectivity index (χ0) is 17.3. The third-order valence-corrected chi connectivity index (χ3v) is 5.78. The number of fused-ring (bicyclic) bond motifs is 1. The Labute approximate surface area is 148 Å². The van der Waals surface area contributed by atoms with E-state index < -0.39 is 5.60 Å². The van der Waals surface area contributed by atoms with Crippen molar-refractivity contribution in [2.75, 3.05) is 13.2 Å². The minimum absolute atomic E-state index is 0.0395. The van der Waals surface area contributed by atoms with Crippen molar-refractivity contribution in [3.05, 3.63) is 30.1 Å². The molecule has 3 aliphatic rings. The van der Waals surface area contributed by atoms with Crippen molar-refractivity contribution in [2.24, 2.45) is 0 Å². The lowest BCUT2D eigenvalue weighted by atomic mass is 9.77. The fraction of sp³-hybridized carbons (Fsp3) is 0.684. The average molecular weight is 346 g/mol. The second kappa shape index (κ2) is 7.02. The van der Waals surface area contributed by atoms with E-state index >= 15 is 0 Å². The van der Waals surface area contributed by atoms with Gasteiger partial charge in [0.25, 0.3) is 0 Å². The summed E-state index contributed by atoms with van der Waals surface area (Å²) < 4.78 is 12.1. The van der Waals surface area contributed by atoms with Gasteiger partial charge in [-0.15, -0.1) is 0 Å². The first-order valence-corrected chi connectivity index (χ1v) is 9.29. The molecule has 6 heteroatoms. The van der Waals surface area contributed by atoms with Crippen LogP contribution in [0.25, 0.3) is 0 Å². The van der Waals surface area contributed by atoms with Gasteiger partial charge in [0.15, 0.2) is 0 Å². The van der Waals surface area contributed by atoms with Crippen LogP contribution >= 0.6 is 0 Å². The molecule has 3 atom stereocenters. The Kier molecular flexibility index (Phi) is 4.75. The van der Waals surface area contributed by atoms with Gasteiger partial charge in [0.05, 0.1) is 24.7 Å². The Morgan fingerprint density at radius 2 is 2.16 bits per heavy atom. The van der Waals surface area contributed by atoms with Crippen LogP contribution in [0.3, 0.4) is 0 Å². The van der Waals surface area contributed by atoms with Gasteiger partial charge < -0.3 is 19.5 Å². The second-order valence-electron chi connectivity index (χ2n) is 7.55. The van der Waals surface area contributed by atoms with Crippen LogP contribution in [-0.2, 0) is 20.9 Å². The largest absolute Gasteiger partial charge is 0.389 e. The van der Waals surface area contributed by atoms with Crippen LogP contribution in [0, 0.1) is 0 Å². The number of hydrogen-bond acceptors (Lipinski definition) is 5. The fourth-order valence-electron chi connectivity index (χ4n) is 4.17. The molecule has 1 aliphatic carbocycles. The van der Waals surface area contributed by atoms with Gasteiger partial charge in [-0.3, -0.25) is 9.78 Å². The molecule has 1 aromatic rings. The van der Waals surface area contributed by atoms with Crippen molar-refractivity contribution in [2.45, 2.75) is 69.0 Å². The number of ether oxygens (including phenoxy) is 2. The van der Waals surface area contributed by atoms with Gasteiger partial charge in [-0.25, -0.2) is 0 Å². The van der Waals surface area contributed by atoms with Crippen molar-refractivity contribution in [3.8, 4) is 0 Å². The number of likely N-dealkylation sites (tertiary alicyclic amines) is 1. The molecule has 25 heavy (non-hydrogen) atoms. The van der Waals surface area contributed by atoms with E-state index in [1.54, 1.807) is 12.4 Å². The Balaban J connectivity index is 1.41. The molecule has 0 spiro atoms. The SMILES string of the molecule is O=C(CC1(O)CCC1)N1C[C@H](OCc2ccncc2)[C@H]2OCCC[C@H]21. The zero-order valence-electron chi connectivity index (χ0n) is 14.5. The standard InChI is InChI=1S/C19H26N2O4/c22-17(11-19(23)6-2-7-19)21-12-16(18-15(21)3-1-10-24-18)25-13-14-4-8-20-9-5-14/h4-5,8-9,15-16,18,23H,1-3,6-7,10-13H2/t15-,16+,18+/m1/s1. The smallest absolute Gasteiger partial charge is 0.225 e. The Morgan fingerprint density at radius 3 is 2.88 bits per heavy atom. The third kappa shape index (κ3) is 3.57. The number of aromatic nitrogens is 1. The Morgan fingerprint density at radius 1 is 1.36 bits per heavy atom. The number of rotatable bonds is 5. The number of hydrogen-bond donors (Lipinski definition) is 1.